The minimum Gasteiger partial charge on any atom is -0.465 e. The highest BCUT2D eigenvalue weighted by atomic mass is 16.5. The molecule has 0 saturated carbocycles. The van der Waals surface area contributed by atoms with Crippen LogP contribution in [0.1, 0.15) is 20.3 Å². The van der Waals surface area contributed by atoms with Crippen molar-refractivity contribution in [3.63, 3.8) is 0 Å². The van der Waals surface area contributed by atoms with Crippen molar-refractivity contribution in [3.05, 3.63) is 0 Å². The molecular weight excluding hydrogens is 182 g/mol. The number of ether oxygens (including phenoxy) is 1. The molecule has 0 aliphatic carbocycles. The summed E-state index contributed by atoms with van der Waals surface area (Å²) in [5, 5.41) is 9.36. The molecule has 4 heteroatoms. The Hall–Kier alpha value is -0.610. The Labute approximate surface area is 84.8 Å². The Morgan fingerprint density at radius 3 is 2.93 bits per heavy atom. The van der Waals surface area contributed by atoms with Crippen LogP contribution in [0.2, 0.25) is 0 Å². The van der Waals surface area contributed by atoms with Gasteiger partial charge < -0.3 is 9.84 Å². The van der Waals surface area contributed by atoms with Gasteiger partial charge in [-0.1, -0.05) is 0 Å². The highest BCUT2D eigenvalue weighted by Gasteiger charge is 2.27. The fourth-order valence-electron chi connectivity index (χ4n) is 1.79. The number of hydrogen-bond donors (Lipinski definition) is 1. The van der Waals surface area contributed by atoms with Crippen molar-refractivity contribution >= 4 is 5.97 Å². The molecule has 4 nitrogen and oxygen atoms in total. The summed E-state index contributed by atoms with van der Waals surface area (Å²) in [6.07, 6.45) is 0.694. The number of rotatable bonds is 4. The first-order valence-electron chi connectivity index (χ1n) is 5.19. The number of hydrogen-bond acceptors (Lipinski definition) is 4. The zero-order chi connectivity index (χ0) is 10.6. The molecule has 2 unspecified atom stereocenters. The van der Waals surface area contributed by atoms with E-state index in [0.717, 1.165) is 19.5 Å². The molecule has 1 aliphatic heterocycles. The summed E-state index contributed by atoms with van der Waals surface area (Å²) in [5.74, 6) is 0.142. The summed E-state index contributed by atoms with van der Waals surface area (Å²) in [6.45, 7) is 6.09. The molecule has 0 amide bonds. The Morgan fingerprint density at radius 1 is 1.71 bits per heavy atom. The highest BCUT2D eigenvalue weighted by molar-refractivity contribution is 5.71. The third kappa shape index (κ3) is 3.27. The van der Waals surface area contributed by atoms with Crippen LogP contribution in [0.5, 0.6) is 0 Å². The average molecular weight is 201 g/mol. The van der Waals surface area contributed by atoms with E-state index >= 15 is 0 Å². The SMILES string of the molecule is CCOC(=O)CN1CCC(C(C)O)C1. The molecule has 1 rings (SSSR count). The minimum absolute atomic E-state index is 0.168. The van der Waals surface area contributed by atoms with Crippen molar-refractivity contribution in [1.29, 1.82) is 0 Å². The summed E-state index contributed by atoms with van der Waals surface area (Å²) in [5.41, 5.74) is 0. The summed E-state index contributed by atoms with van der Waals surface area (Å²) >= 11 is 0. The van der Waals surface area contributed by atoms with Crippen LogP contribution in [-0.4, -0.2) is 48.3 Å². The van der Waals surface area contributed by atoms with Crippen LogP contribution in [0.3, 0.4) is 0 Å². The quantitative estimate of drug-likeness (QED) is 0.662. The van der Waals surface area contributed by atoms with Crippen molar-refractivity contribution in [3.8, 4) is 0 Å². The largest absolute Gasteiger partial charge is 0.465 e. The molecule has 0 aromatic rings. The first-order valence-corrected chi connectivity index (χ1v) is 5.19. The maximum atomic E-state index is 11.1. The van der Waals surface area contributed by atoms with Crippen LogP contribution >= 0.6 is 0 Å². The Bertz CT molecular complexity index is 194. The lowest BCUT2D eigenvalue weighted by Crippen LogP contribution is -2.30. The van der Waals surface area contributed by atoms with E-state index in [4.69, 9.17) is 4.74 Å². The van der Waals surface area contributed by atoms with Gasteiger partial charge in [0.25, 0.3) is 0 Å². The molecule has 14 heavy (non-hydrogen) atoms. The molecule has 82 valence electrons. The van der Waals surface area contributed by atoms with Crippen molar-refractivity contribution < 1.29 is 14.6 Å². The lowest BCUT2D eigenvalue weighted by Gasteiger charge is -2.16. The van der Waals surface area contributed by atoms with Gasteiger partial charge in [0.1, 0.15) is 0 Å². The summed E-state index contributed by atoms with van der Waals surface area (Å²) in [6, 6.07) is 0. The fourth-order valence-corrected chi connectivity index (χ4v) is 1.79. The molecule has 0 spiro atoms. The number of carbonyl (C=O) groups is 1. The van der Waals surface area contributed by atoms with E-state index in [-0.39, 0.29) is 12.1 Å². The third-order valence-corrected chi connectivity index (χ3v) is 2.65. The summed E-state index contributed by atoms with van der Waals surface area (Å²) < 4.78 is 4.86. The normalized spacial score (nSPS) is 24.9. The first-order chi connectivity index (χ1) is 6.63. The van der Waals surface area contributed by atoms with Crippen molar-refractivity contribution in [2.24, 2.45) is 5.92 Å². The molecule has 1 N–H and O–H groups in total. The second kappa shape index (κ2) is 5.32. The third-order valence-electron chi connectivity index (χ3n) is 2.65. The van der Waals surface area contributed by atoms with Gasteiger partial charge in [-0.25, -0.2) is 0 Å². The average Bonchev–Trinajstić information content (AvgIpc) is 2.53. The van der Waals surface area contributed by atoms with Crippen LogP contribution in [0, 0.1) is 5.92 Å². The van der Waals surface area contributed by atoms with Crippen molar-refractivity contribution in [2.75, 3.05) is 26.2 Å². The van der Waals surface area contributed by atoms with E-state index in [1.54, 1.807) is 13.8 Å². The van der Waals surface area contributed by atoms with E-state index in [0.29, 0.717) is 19.1 Å². The fraction of sp³-hybridized carbons (Fsp3) is 0.900. The molecule has 0 bridgehead atoms. The van der Waals surface area contributed by atoms with Gasteiger partial charge in [-0.15, -0.1) is 0 Å². The van der Waals surface area contributed by atoms with Crippen molar-refractivity contribution in [1.82, 2.24) is 4.90 Å². The van der Waals surface area contributed by atoms with Gasteiger partial charge in [0.15, 0.2) is 0 Å². The second-order valence-electron chi connectivity index (χ2n) is 3.83. The number of likely N-dealkylation sites (tertiary alicyclic amines) is 1. The standard InChI is InChI=1S/C10H19NO3/c1-3-14-10(13)7-11-5-4-9(6-11)8(2)12/h8-9,12H,3-7H2,1-2H3. The maximum Gasteiger partial charge on any atom is 0.320 e. The van der Waals surface area contributed by atoms with E-state index in [1.165, 1.54) is 0 Å². The number of aliphatic hydroxyl groups excluding tert-OH is 1. The molecule has 1 aliphatic rings. The molecule has 0 aromatic carbocycles. The zero-order valence-electron chi connectivity index (χ0n) is 8.90. The Balaban J connectivity index is 2.25. The highest BCUT2D eigenvalue weighted by Crippen LogP contribution is 2.19. The number of carbonyl (C=O) groups excluding carboxylic acids is 1. The Kier molecular flexibility index (Phi) is 4.35. The van der Waals surface area contributed by atoms with Gasteiger partial charge in [-0.05, 0) is 32.7 Å². The van der Waals surface area contributed by atoms with Crippen LogP contribution in [-0.2, 0) is 9.53 Å². The molecule has 0 radical (unpaired) electrons. The van der Waals surface area contributed by atoms with Crippen molar-refractivity contribution in [2.45, 2.75) is 26.4 Å². The molecule has 1 heterocycles. The zero-order valence-corrected chi connectivity index (χ0v) is 8.90. The maximum absolute atomic E-state index is 11.1. The van der Waals surface area contributed by atoms with E-state index in [9.17, 15) is 9.90 Å². The number of esters is 1. The number of aliphatic hydroxyl groups is 1. The second-order valence-corrected chi connectivity index (χ2v) is 3.83. The molecule has 2 atom stereocenters. The van der Waals surface area contributed by atoms with Crippen LogP contribution in [0.25, 0.3) is 0 Å². The van der Waals surface area contributed by atoms with E-state index < -0.39 is 0 Å². The summed E-state index contributed by atoms with van der Waals surface area (Å²) in [4.78, 5) is 13.2. The minimum atomic E-state index is -0.276. The molecule has 1 saturated heterocycles. The van der Waals surface area contributed by atoms with Gasteiger partial charge in [0.05, 0.1) is 19.3 Å². The predicted molar refractivity (Wildman–Crippen MR) is 52.9 cm³/mol. The topological polar surface area (TPSA) is 49.8 Å². The van der Waals surface area contributed by atoms with Gasteiger partial charge >= 0.3 is 5.97 Å². The van der Waals surface area contributed by atoms with Gasteiger partial charge in [0.2, 0.25) is 0 Å². The van der Waals surface area contributed by atoms with Crippen LogP contribution in [0.4, 0.5) is 0 Å². The van der Waals surface area contributed by atoms with Crippen LogP contribution < -0.4 is 0 Å². The van der Waals surface area contributed by atoms with E-state index in [1.807, 2.05) is 4.90 Å². The Morgan fingerprint density at radius 2 is 2.43 bits per heavy atom. The summed E-state index contributed by atoms with van der Waals surface area (Å²) in [7, 11) is 0. The monoisotopic (exact) mass is 201 g/mol. The lowest BCUT2D eigenvalue weighted by atomic mass is 10.0. The lowest BCUT2D eigenvalue weighted by molar-refractivity contribution is -0.144. The van der Waals surface area contributed by atoms with E-state index in [2.05, 4.69) is 0 Å². The van der Waals surface area contributed by atoms with Gasteiger partial charge in [-0.2, -0.15) is 0 Å². The first kappa shape index (κ1) is 11.5. The molecule has 1 fully saturated rings. The molecule has 0 aromatic heterocycles. The van der Waals surface area contributed by atoms with Crippen LogP contribution in [0.15, 0.2) is 0 Å². The van der Waals surface area contributed by atoms with Gasteiger partial charge in [0, 0.05) is 6.54 Å². The smallest absolute Gasteiger partial charge is 0.320 e. The molecular formula is C10H19NO3. The predicted octanol–water partition coefficient (Wildman–Crippen LogP) is 0.252. The number of nitrogens with zero attached hydrogens (tertiary/aromatic N) is 1. The van der Waals surface area contributed by atoms with Gasteiger partial charge in [-0.3, -0.25) is 9.69 Å².